The number of nitrogens with zero attached hydrogens (tertiary/aromatic N) is 1. The molecule has 0 bridgehead atoms. The number of thioether (sulfide) groups is 1. The summed E-state index contributed by atoms with van der Waals surface area (Å²) in [4.78, 5) is 16.5. The van der Waals surface area contributed by atoms with Crippen molar-refractivity contribution in [2.75, 3.05) is 18.6 Å². The van der Waals surface area contributed by atoms with E-state index in [1.807, 2.05) is 36.0 Å². The third-order valence-corrected chi connectivity index (χ3v) is 3.88. The van der Waals surface area contributed by atoms with Crippen LogP contribution in [0, 0.1) is 0 Å². The second-order valence-electron chi connectivity index (χ2n) is 4.47. The van der Waals surface area contributed by atoms with Gasteiger partial charge in [0.15, 0.2) is 0 Å². The molecule has 0 fully saturated rings. The molecule has 0 aliphatic rings. The first-order valence-corrected chi connectivity index (χ1v) is 8.32. The van der Waals surface area contributed by atoms with E-state index in [2.05, 4.69) is 16.6 Å². The Balaban J connectivity index is 2.09. The van der Waals surface area contributed by atoms with Crippen LogP contribution >= 0.6 is 23.4 Å². The van der Waals surface area contributed by atoms with Gasteiger partial charge in [-0.1, -0.05) is 29.8 Å². The summed E-state index contributed by atoms with van der Waals surface area (Å²) in [5.41, 5.74) is 1.33. The Hall–Kier alpha value is -1.26. The number of carbonyl (C=O) groups excluding carboxylic acids is 1. The first-order valence-electron chi connectivity index (χ1n) is 6.55. The topological polar surface area (TPSA) is 42.0 Å². The second-order valence-corrected chi connectivity index (χ2v) is 5.84. The number of hydrogen-bond acceptors (Lipinski definition) is 3. The van der Waals surface area contributed by atoms with Crippen molar-refractivity contribution in [2.45, 2.75) is 12.8 Å². The standard InChI is InChI=1S/C15H17ClN2OS/c1-20-9-5-4-8-17-15(19)12-10-14(16)18-13-7-3-2-6-11(12)13/h2-3,6-7,10H,4-5,8-9H2,1H3,(H,17,19). The van der Waals surface area contributed by atoms with E-state index in [0.717, 1.165) is 29.5 Å². The number of pyridine rings is 1. The Bertz CT molecular complexity index is 603. The number of amides is 1. The molecule has 1 N–H and O–H groups in total. The largest absolute Gasteiger partial charge is 0.352 e. The van der Waals surface area contributed by atoms with Crippen molar-refractivity contribution in [1.82, 2.24) is 10.3 Å². The predicted octanol–water partition coefficient (Wildman–Crippen LogP) is 3.76. The van der Waals surface area contributed by atoms with Crippen molar-refractivity contribution in [2.24, 2.45) is 0 Å². The third kappa shape index (κ3) is 3.87. The average Bonchev–Trinajstić information content (AvgIpc) is 2.46. The molecule has 2 aromatic rings. The van der Waals surface area contributed by atoms with Crippen LogP contribution in [0.4, 0.5) is 0 Å². The maximum atomic E-state index is 12.2. The Morgan fingerprint density at radius 1 is 1.35 bits per heavy atom. The minimum absolute atomic E-state index is 0.0883. The summed E-state index contributed by atoms with van der Waals surface area (Å²) in [6.07, 6.45) is 4.19. The molecule has 5 heteroatoms. The van der Waals surface area contributed by atoms with E-state index in [4.69, 9.17) is 11.6 Å². The number of unbranched alkanes of at least 4 members (excludes halogenated alkanes) is 1. The van der Waals surface area contributed by atoms with Crippen molar-refractivity contribution >= 4 is 40.2 Å². The highest BCUT2D eigenvalue weighted by Crippen LogP contribution is 2.20. The van der Waals surface area contributed by atoms with Gasteiger partial charge < -0.3 is 5.32 Å². The van der Waals surface area contributed by atoms with E-state index in [1.54, 1.807) is 6.07 Å². The minimum atomic E-state index is -0.0883. The molecule has 0 unspecified atom stereocenters. The van der Waals surface area contributed by atoms with Gasteiger partial charge in [-0.05, 0) is 37.0 Å². The van der Waals surface area contributed by atoms with Gasteiger partial charge >= 0.3 is 0 Å². The summed E-state index contributed by atoms with van der Waals surface area (Å²) in [5.74, 6) is 1.04. The first kappa shape index (κ1) is 15.1. The van der Waals surface area contributed by atoms with Crippen molar-refractivity contribution in [1.29, 1.82) is 0 Å². The Morgan fingerprint density at radius 2 is 2.15 bits per heavy atom. The molecule has 3 nitrogen and oxygen atoms in total. The fourth-order valence-electron chi connectivity index (χ4n) is 2.00. The maximum absolute atomic E-state index is 12.2. The van der Waals surface area contributed by atoms with Gasteiger partial charge in [-0.15, -0.1) is 0 Å². The minimum Gasteiger partial charge on any atom is -0.352 e. The van der Waals surface area contributed by atoms with Crippen LogP contribution in [0.3, 0.4) is 0 Å². The van der Waals surface area contributed by atoms with E-state index in [1.165, 1.54) is 0 Å². The number of benzene rings is 1. The molecule has 0 saturated carbocycles. The summed E-state index contributed by atoms with van der Waals surface area (Å²) in [6.45, 7) is 0.688. The highest BCUT2D eigenvalue weighted by molar-refractivity contribution is 7.98. The van der Waals surface area contributed by atoms with Crippen LogP contribution in [0.1, 0.15) is 23.2 Å². The van der Waals surface area contributed by atoms with Gasteiger partial charge in [0.25, 0.3) is 5.91 Å². The second kappa shape index (κ2) is 7.50. The highest BCUT2D eigenvalue weighted by atomic mass is 35.5. The SMILES string of the molecule is CSCCCCNC(=O)c1cc(Cl)nc2ccccc12. The van der Waals surface area contributed by atoms with Gasteiger partial charge in [-0.25, -0.2) is 4.98 Å². The van der Waals surface area contributed by atoms with Crippen LogP contribution in [-0.2, 0) is 0 Å². The average molecular weight is 309 g/mol. The number of aromatic nitrogens is 1. The Kier molecular flexibility index (Phi) is 5.68. The van der Waals surface area contributed by atoms with Crippen molar-refractivity contribution < 1.29 is 4.79 Å². The Morgan fingerprint density at radius 3 is 2.95 bits per heavy atom. The van der Waals surface area contributed by atoms with Crippen LogP contribution in [-0.4, -0.2) is 29.4 Å². The maximum Gasteiger partial charge on any atom is 0.252 e. The summed E-state index contributed by atoms with van der Waals surface area (Å²) < 4.78 is 0. The van der Waals surface area contributed by atoms with Gasteiger partial charge in [0.2, 0.25) is 0 Å². The number of nitrogens with one attached hydrogen (secondary N) is 1. The lowest BCUT2D eigenvalue weighted by atomic mass is 10.1. The van der Waals surface area contributed by atoms with Crippen molar-refractivity contribution in [3.63, 3.8) is 0 Å². The molecule has 1 amide bonds. The lowest BCUT2D eigenvalue weighted by Crippen LogP contribution is -2.24. The van der Waals surface area contributed by atoms with Crippen LogP contribution in [0.5, 0.6) is 0 Å². The zero-order valence-corrected chi connectivity index (χ0v) is 12.9. The van der Waals surface area contributed by atoms with Crippen LogP contribution in [0.15, 0.2) is 30.3 Å². The number of carbonyl (C=O) groups is 1. The molecule has 0 aliphatic heterocycles. The smallest absolute Gasteiger partial charge is 0.252 e. The number of fused-ring (bicyclic) bond motifs is 1. The number of halogens is 1. The van der Waals surface area contributed by atoms with E-state index < -0.39 is 0 Å². The summed E-state index contributed by atoms with van der Waals surface area (Å²) >= 11 is 7.80. The van der Waals surface area contributed by atoms with E-state index in [-0.39, 0.29) is 5.91 Å². The molecule has 1 heterocycles. The van der Waals surface area contributed by atoms with E-state index in [0.29, 0.717) is 17.3 Å². The van der Waals surface area contributed by atoms with Crippen LogP contribution < -0.4 is 5.32 Å². The van der Waals surface area contributed by atoms with Gasteiger partial charge in [0, 0.05) is 11.9 Å². The number of rotatable bonds is 6. The molecule has 2 rings (SSSR count). The number of para-hydroxylation sites is 1. The van der Waals surface area contributed by atoms with Gasteiger partial charge in [0.1, 0.15) is 5.15 Å². The molecular formula is C15H17ClN2OS. The fraction of sp³-hybridized carbons (Fsp3) is 0.333. The fourth-order valence-corrected chi connectivity index (χ4v) is 2.69. The monoisotopic (exact) mass is 308 g/mol. The summed E-state index contributed by atoms with van der Waals surface area (Å²) in [7, 11) is 0. The highest BCUT2D eigenvalue weighted by Gasteiger charge is 2.11. The number of hydrogen-bond donors (Lipinski definition) is 1. The quantitative estimate of drug-likeness (QED) is 0.652. The van der Waals surface area contributed by atoms with Crippen molar-refractivity contribution in [3.8, 4) is 0 Å². The third-order valence-electron chi connectivity index (χ3n) is 2.99. The molecular weight excluding hydrogens is 292 g/mol. The first-order chi connectivity index (χ1) is 9.72. The molecule has 106 valence electrons. The molecule has 1 aromatic heterocycles. The molecule has 0 aliphatic carbocycles. The van der Waals surface area contributed by atoms with E-state index >= 15 is 0 Å². The lowest BCUT2D eigenvalue weighted by molar-refractivity contribution is 0.0955. The molecule has 0 radical (unpaired) electrons. The molecule has 0 atom stereocenters. The lowest BCUT2D eigenvalue weighted by Gasteiger charge is -2.08. The van der Waals surface area contributed by atoms with Gasteiger partial charge in [-0.2, -0.15) is 11.8 Å². The molecule has 0 saturated heterocycles. The van der Waals surface area contributed by atoms with Crippen molar-refractivity contribution in [3.05, 3.63) is 41.0 Å². The molecule has 1 aromatic carbocycles. The summed E-state index contributed by atoms with van der Waals surface area (Å²) in [6, 6.07) is 9.15. The Labute approximate surface area is 128 Å². The van der Waals surface area contributed by atoms with Crippen LogP contribution in [0.2, 0.25) is 5.15 Å². The van der Waals surface area contributed by atoms with E-state index in [9.17, 15) is 4.79 Å². The molecule has 0 spiro atoms. The zero-order valence-electron chi connectivity index (χ0n) is 11.4. The zero-order chi connectivity index (χ0) is 14.4. The van der Waals surface area contributed by atoms with Gasteiger partial charge in [0.05, 0.1) is 11.1 Å². The molecule has 20 heavy (non-hydrogen) atoms. The van der Waals surface area contributed by atoms with Gasteiger partial charge in [-0.3, -0.25) is 4.79 Å². The normalized spacial score (nSPS) is 10.7. The summed E-state index contributed by atoms with van der Waals surface area (Å²) in [5, 5.41) is 4.12. The predicted molar refractivity (Wildman–Crippen MR) is 86.7 cm³/mol. The van der Waals surface area contributed by atoms with Crippen LogP contribution in [0.25, 0.3) is 10.9 Å².